The van der Waals surface area contributed by atoms with Crippen LogP contribution in [0.4, 0.5) is 0 Å². The number of benzene rings is 1. The van der Waals surface area contributed by atoms with Crippen molar-refractivity contribution >= 4 is 0 Å². The molecule has 1 aromatic rings. The summed E-state index contributed by atoms with van der Waals surface area (Å²) < 4.78 is 0. The van der Waals surface area contributed by atoms with Crippen molar-refractivity contribution < 1.29 is 0 Å². The quantitative estimate of drug-likeness (QED) is 0.715. The molecule has 0 saturated carbocycles. The Morgan fingerprint density at radius 1 is 1.36 bits per heavy atom. The first kappa shape index (κ1) is 9.72. The Morgan fingerprint density at radius 2 is 2.14 bits per heavy atom. The summed E-state index contributed by atoms with van der Waals surface area (Å²) in [6.07, 6.45) is 2.53. The van der Waals surface area contributed by atoms with Crippen LogP contribution in [0, 0.1) is 6.92 Å². The van der Waals surface area contributed by atoms with Gasteiger partial charge in [-0.15, -0.1) is 0 Å². The van der Waals surface area contributed by atoms with E-state index in [1.165, 1.54) is 24.0 Å². The molecule has 2 rings (SSSR count). The van der Waals surface area contributed by atoms with Gasteiger partial charge in [0.15, 0.2) is 0 Å². The molecule has 14 heavy (non-hydrogen) atoms. The van der Waals surface area contributed by atoms with Gasteiger partial charge in [-0.1, -0.05) is 29.8 Å². The van der Waals surface area contributed by atoms with Crippen LogP contribution in [0.2, 0.25) is 0 Å². The summed E-state index contributed by atoms with van der Waals surface area (Å²) in [7, 11) is 0. The lowest BCUT2D eigenvalue weighted by molar-refractivity contribution is 0.433. The monoisotopic (exact) mass is 189 g/mol. The third-order valence-electron chi connectivity index (χ3n) is 3.07. The minimum atomic E-state index is 0.314. The number of hydrogen-bond acceptors (Lipinski definition) is 1. The van der Waals surface area contributed by atoms with Gasteiger partial charge in [-0.3, -0.25) is 0 Å². The minimum absolute atomic E-state index is 0.314. The van der Waals surface area contributed by atoms with Gasteiger partial charge in [0, 0.05) is 11.6 Å². The van der Waals surface area contributed by atoms with Crippen LogP contribution in [-0.2, 0) is 0 Å². The molecule has 1 aliphatic heterocycles. The Balaban J connectivity index is 2.17. The SMILES string of the molecule is Cc1cccc(C2CCC(C)(C)N2)c1. The Bertz CT molecular complexity index is 328. The fourth-order valence-electron chi connectivity index (χ4n) is 2.26. The molecular weight excluding hydrogens is 170 g/mol. The van der Waals surface area contributed by atoms with E-state index < -0.39 is 0 Å². The van der Waals surface area contributed by atoms with Gasteiger partial charge in [0.2, 0.25) is 0 Å². The first-order chi connectivity index (χ1) is 6.57. The van der Waals surface area contributed by atoms with Crippen molar-refractivity contribution in [3.8, 4) is 0 Å². The molecule has 0 radical (unpaired) electrons. The van der Waals surface area contributed by atoms with Crippen LogP contribution >= 0.6 is 0 Å². The van der Waals surface area contributed by atoms with Crippen molar-refractivity contribution in [2.75, 3.05) is 0 Å². The van der Waals surface area contributed by atoms with Gasteiger partial charge in [-0.05, 0) is 39.2 Å². The Hall–Kier alpha value is -0.820. The molecule has 0 aromatic heterocycles. The highest BCUT2D eigenvalue weighted by Gasteiger charge is 2.30. The Morgan fingerprint density at radius 3 is 2.71 bits per heavy atom. The Labute approximate surface area is 86.5 Å². The van der Waals surface area contributed by atoms with Crippen molar-refractivity contribution in [2.24, 2.45) is 0 Å². The van der Waals surface area contributed by atoms with E-state index in [4.69, 9.17) is 0 Å². The van der Waals surface area contributed by atoms with Gasteiger partial charge in [0.1, 0.15) is 0 Å². The van der Waals surface area contributed by atoms with Crippen LogP contribution in [0.5, 0.6) is 0 Å². The van der Waals surface area contributed by atoms with E-state index in [0.29, 0.717) is 11.6 Å². The first-order valence-electron chi connectivity index (χ1n) is 5.41. The van der Waals surface area contributed by atoms with Crippen LogP contribution in [-0.4, -0.2) is 5.54 Å². The lowest BCUT2D eigenvalue weighted by atomic mass is 10.0. The molecule has 1 nitrogen and oxygen atoms in total. The summed E-state index contributed by atoms with van der Waals surface area (Å²) in [6, 6.07) is 9.39. The molecule has 1 unspecified atom stereocenters. The lowest BCUT2D eigenvalue weighted by Crippen LogP contribution is -2.33. The van der Waals surface area contributed by atoms with Crippen LogP contribution in [0.1, 0.15) is 43.9 Å². The lowest BCUT2D eigenvalue weighted by Gasteiger charge is -2.20. The molecule has 1 aromatic carbocycles. The molecular formula is C13H19N. The molecule has 1 fully saturated rings. The van der Waals surface area contributed by atoms with Gasteiger partial charge in [0.25, 0.3) is 0 Å². The maximum atomic E-state index is 3.67. The summed E-state index contributed by atoms with van der Waals surface area (Å²) in [5.74, 6) is 0. The second-order valence-corrected chi connectivity index (χ2v) is 5.03. The Kier molecular flexibility index (Phi) is 2.36. The highest BCUT2D eigenvalue weighted by Crippen LogP contribution is 2.32. The third kappa shape index (κ3) is 1.98. The van der Waals surface area contributed by atoms with Crippen molar-refractivity contribution in [1.29, 1.82) is 0 Å². The molecule has 0 amide bonds. The minimum Gasteiger partial charge on any atom is -0.305 e. The van der Waals surface area contributed by atoms with Gasteiger partial charge >= 0.3 is 0 Å². The predicted octanol–water partition coefficient (Wildman–Crippen LogP) is 3.20. The number of nitrogens with one attached hydrogen (secondary N) is 1. The summed E-state index contributed by atoms with van der Waals surface area (Å²) in [5, 5.41) is 3.67. The fourth-order valence-corrected chi connectivity index (χ4v) is 2.26. The highest BCUT2D eigenvalue weighted by atomic mass is 15.0. The molecule has 76 valence electrons. The van der Waals surface area contributed by atoms with E-state index in [2.05, 4.69) is 50.4 Å². The molecule has 0 bridgehead atoms. The van der Waals surface area contributed by atoms with Crippen LogP contribution in [0.3, 0.4) is 0 Å². The topological polar surface area (TPSA) is 12.0 Å². The molecule has 1 heteroatoms. The normalized spacial score (nSPS) is 25.2. The van der Waals surface area contributed by atoms with Gasteiger partial charge in [0.05, 0.1) is 0 Å². The summed E-state index contributed by atoms with van der Waals surface area (Å²) in [5.41, 5.74) is 3.11. The summed E-state index contributed by atoms with van der Waals surface area (Å²) in [4.78, 5) is 0. The van der Waals surface area contributed by atoms with Gasteiger partial charge in [-0.25, -0.2) is 0 Å². The summed E-state index contributed by atoms with van der Waals surface area (Å²) in [6.45, 7) is 6.72. The van der Waals surface area contributed by atoms with Crippen molar-refractivity contribution in [3.63, 3.8) is 0 Å². The van der Waals surface area contributed by atoms with E-state index in [1.807, 2.05) is 0 Å². The third-order valence-corrected chi connectivity index (χ3v) is 3.07. The van der Waals surface area contributed by atoms with E-state index in [1.54, 1.807) is 0 Å². The average Bonchev–Trinajstić information content (AvgIpc) is 2.46. The number of aryl methyl sites for hydroxylation is 1. The van der Waals surface area contributed by atoms with Gasteiger partial charge < -0.3 is 5.32 Å². The molecule has 1 aliphatic rings. The first-order valence-corrected chi connectivity index (χ1v) is 5.41. The van der Waals surface area contributed by atoms with E-state index in [-0.39, 0.29) is 0 Å². The van der Waals surface area contributed by atoms with Crippen molar-refractivity contribution in [2.45, 2.75) is 45.2 Å². The zero-order valence-electron chi connectivity index (χ0n) is 9.30. The van der Waals surface area contributed by atoms with Crippen molar-refractivity contribution in [3.05, 3.63) is 35.4 Å². The largest absolute Gasteiger partial charge is 0.305 e. The molecule has 0 aliphatic carbocycles. The molecule has 1 N–H and O–H groups in total. The van der Waals surface area contributed by atoms with E-state index in [9.17, 15) is 0 Å². The zero-order valence-corrected chi connectivity index (χ0v) is 9.30. The van der Waals surface area contributed by atoms with Crippen molar-refractivity contribution in [1.82, 2.24) is 5.32 Å². The van der Waals surface area contributed by atoms with Gasteiger partial charge in [-0.2, -0.15) is 0 Å². The average molecular weight is 189 g/mol. The predicted molar refractivity (Wildman–Crippen MR) is 60.4 cm³/mol. The zero-order chi connectivity index (χ0) is 10.2. The smallest absolute Gasteiger partial charge is 0.0325 e. The number of hydrogen-bond donors (Lipinski definition) is 1. The molecule has 1 saturated heterocycles. The van der Waals surface area contributed by atoms with E-state index in [0.717, 1.165) is 0 Å². The second kappa shape index (κ2) is 3.39. The standard InChI is InChI=1S/C13H19N/c1-10-5-4-6-11(9-10)12-7-8-13(2,3)14-12/h4-6,9,12,14H,7-8H2,1-3H3. The molecule has 1 heterocycles. The second-order valence-electron chi connectivity index (χ2n) is 5.03. The fraction of sp³-hybridized carbons (Fsp3) is 0.538. The van der Waals surface area contributed by atoms with Crippen LogP contribution < -0.4 is 5.32 Å². The van der Waals surface area contributed by atoms with Crippen LogP contribution in [0.15, 0.2) is 24.3 Å². The highest BCUT2D eigenvalue weighted by molar-refractivity contribution is 5.26. The molecule has 0 spiro atoms. The summed E-state index contributed by atoms with van der Waals surface area (Å²) >= 11 is 0. The number of rotatable bonds is 1. The van der Waals surface area contributed by atoms with Crippen LogP contribution in [0.25, 0.3) is 0 Å². The maximum absolute atomic E-state index is 3.67. The maximum Gasteiger partial charge on any atom is 0.0325 e. The van der Waals surface area contributed by atoms with E-state index >= 15 is 0 Å². The molecule has 1 atom stereocenters.